The first-order chi connectivity index (χ1) is 13.4. The molecule has 28 heavy (non-hydrogen) atoms. The van der Waals surface area contributed by atoms with Gasteiger partial charge < -0.3 is 10.2 Å². The number of hydrogen-bond donors (Lipinski definition) is 1. The number of carbonyl (C=O) groups is 1. The molecule has 0 unspecified atom stereocenters. The normalized spacial score (nSPS) is 19.6. The topological polar surface area (TPSA) is 75.9 Å². The van der Waals surface area contributed by atoms with Crippen molar-refractivity contribution in [2.24, 2.45) is 13.0 Å². The lowest BCUT2D eigenvalue weighted by Gasteiger charge is -2.26. The Hall–Kier alpha value is -2.96. The zero-order valence-electron chi connectivity index (χ0n) is 17.0. The lowest BCUT2D eigenvalue weighted by atomic mass is 9.92. The molecule has 1 fully saturated rings. The maximum Gasteiger partial charge on any atom is 0.223 e. The maximum absolute atomic E-state index is 12.5. The van der Waals surface area contributed by atoms with Crippen LogP contribution in [0.1, 0.15) is 35.0 Å². The number of amides is 1. The van der Waals surface area contributed by atoms with Crippen LogP contribution in [0.15, 0.2) is 24.5 Å². The third-order valence-electron chi connectivity index (χ3n) is 5.95. The highest BCUT2D eigenvalue weighted by molar-refractivity contribution is 5.90. The molecule has 7 nitrogen and oxygen atoms in total. The van der Waals surface area contributed by atoms with Crippen molar-refractivity contribution in [1.82, 2.24) is 24.6 Å². The second kappa shape index (κ2) is 6.89. The van der Waals surface area contributed by atoms with Gasteiger partial charge in [0.25, 0.3) is 0 Å². The summed E-state index contributed by atoms with van der Waals surface area (Å²) in [6.07, 6.45) is 2.11. The maximum atomic E-state index is 12.5. The third kappa shape index (κ3) is 2.91. The van der Waals surface area contributed by atoms with Crippen LogP contribution < -0.4 is 5.32 Å². The molecular formula is C21H26N6O. The van der Waals surface area contributed by atoms with E-state index in [0.29, 0.717) is 13.0 Å². The number of benzene rings is 1. The van der Waals surface area contributed by atoms with Gasteiger partial charge in [-0.25, -0.2) is 9.97 Å². The Morgan fingerprint density at radius 3 is 2.68 bits per heavy atom. The number of para-hydroxylation sites is 1. The van der Waals surface area contributed by atoms with Crippen molar-refractivity contribution in [3.8, 4) is 0 Å². The van der Waals surface area contributed by atoms with E-state index in [1.165, 1.54) is 0 Å². The molecule has 4 rings (SSSR count). The second-order valence-electron chi connectivity index (χ2n) is 7.70. The molecule has 0 radical (unpaired) electrons. The van der Waals surface area contributed by atoms with Crippen LogP contribution >= 0.6 is 0 Å². The number of likely N-dealkylation sites (tertiary alicyclic amines) is 1. The average molecular weight is 378 g/mol. The van der Waals surface area contributed by atoms with Crippen molar-refractivity contribution < 1.29 is 4.79 Å². The van der Waals surface area contributed by atoms with Crippen LogP contribution in [-0.4, -0.2) is 44.1 Å². The van der Waals surface area contributed by atoms with E-state index < -0.39 is 0 Å². The van der Waals surface area contributed by atoms with E-state index in [1.807, 2.05) is 55.7 Å². The highest BCUT2D eigenvalue weighted by Crippen LogP contribution is 2.39. The third-order valence-corrected chi connectivity index (χ3v) is 5.95. The first kappa shape index (κ1) is 18.4. The van der Waals surface area contributed by atoms with Gasteiger partial charge in [-0.1, -0.05) is 12.1 Å². The molecule has 1 aliphatic heterocycles. The van der Waals surface area contributed by atoms with Gasteiger partial charge in [-0.15, -0.1) is 0 Å². The molecule has 1 N–H and O–H groups in total. The van der Waals surface area contributed by atoms with Gasteiger partial charge in [0.1, 0.15) is 12.1 Å². The molecule has 2 aromatic heterocycles. The average Bonchev–Trinajstić information content (AvgIpc) is 3.08. The van der Waals surface area contributed by atoms with Gasteiger partial charge in [-0.05, 0) is 32.4 Å². The van der Waals surface area contributed by atoms with Crippen molar-refractivity contribution in [3.05, 3.63) is 47.0 Å². The van der Waals surface area contributed by atoms with Gasteiger partial charge in [0.05, 0.1) is 17.3 Å². The molecule has 7 heteroatoms. The SMILES string of the molecule is Cc1nn(C)c(C)c1[C@H]1[C@H](CNc2ncnc3c(C)cccc23)CC(=O)N1C. The summed E-state index contributed by atoms with van der Waals surface area (Å²) in [5.74, 6) is 1.13. The lowest BCUT2D eigenvalue weighted by molar-refractivity contribution is -0.127. The molecule has 1 saturated heterocycles. The molecule has 0 bridgehead atoms. The van der Waals surface area contributed by atoms with Crippen LogP contribution in [0.5, 0.6) is 0 Å². The van der Waals surface area contributed by atoms with Crippen LogP contribution in [0.3, 0.4) is 0 Å². The highest BCUT2D eigenvalue weighted by atomic mass is 16.2. The monoisotopic (exact) mass is 378 g/mol. The van der Waals surface area contributed by atoms with Crippen molar-refractivity contribution in [1.29, 1.82) is 0 Å². The van der Waals surface area contributed by atoms with Crippen LogP contribution in [0, 0.1) is 26.7 Å². The summed E-state index contributed by atoms with van der Waals surface area (Å²) in [7, 11) is 3.84. The fourth-order valence-electron chi connectivity index (χ4n) is 4.39. The number of aryl methyl sites for hydroxylation is 3. The van der Waals surface area contributed by atoms with E-state index in [0.717, 1.165) is 39.2 Å². The number of anilines is 1. The van der Waals surface area contributed by atoms with Crippen LogP contribution in [0.25, 0.3) is 10.9 Å². The molecule has 1 aliphatic rings. The Morgan fingerprint density at radius 1 is 1.18 bits per heavy atom. The first-order valence-electron chi connectivity index (χ1n) is 9.58. The van der Waals surface area contributed by atoms with Crippen LogP contribution in [-0.2, 0) is 11.8 Å². The molecule has 1 aromatic carbocycles. The molecule has 0 spiro atoms. The summed E-state index contributed by atoms with van der Waals surface area (Å²) in [4.78, 5) is 23.2. The number of rotatable bonds is 4. The minimum atomic E-state index is 0.0172. The standard InChI is InChI=1S/C21H26N6O/c1-12-7-6-8-16-19(12)23-11-24-21(16)22-10-15-9-17(28)26(4)20(15)18-13(2)25-27(5)14(18)3/h6-8,11,15,20H,9-10H2,1-5H3,(H,22,23,24)/t15-,20+/m0/s1. The van der Waals surface area contributed by atoms with Crippen LogP contribution in [0.4, 0.5) is 5.82 Å². The van der Waals surface area contributed by atoms with Crippen molar-refractivity contribution in [2.45, 2.75) is 33.2 Å². The molecular weight excluding hydrogens is 352 g/mol. The molecule has 3 aromatic rings. The Kier molecular flexibility index (Phi) is 4.53. The van der Waals surface area contributed by atoms with Crippen molar-refractivity contribution in [3.63, 3.8) is 0 Å². The number of hydrogen-bond acceptors (Lipinski definition) is 5. The number of nitrogens with zero attached hydrogens (tertiary/aromatic N) is 5. The van der Waals surface area contributed by atoms with Gasteiger partial charge >= 0.3 is 0 Å². The minimum absolute atomic E-state index is 0.0172. The summed E-state index contributed by atoms with van der Waals surface area (Å²) >= 11 is 0. The summed E-state index contributed by atoms with van der Waals surface area (Å²) in [6, 6.07) is 6.12. The van der Waals surface area contributed by atoms with Gasteiger partial charge in [0, 0.05) is 49.6 Å². The smallest absolute Gasteiger partial charge is 0.223 e. The van der Waals surface area contributed by atoms with Gasteiger partial charge in [-0.3, -0.25) is 9.48 Å². The summed E-state index contributed by atoms with van der Waals surface area (Å²) in [5, 5.41) is 9.05. The molecule has 146 valence electrons. The number of nitrogens with one attached hydrogen (secondary N) is 1. The van der Waals surface area contributed by atoms with E-state index in [2.05, 4.69) is 27.3 Å². The van der Waals surface area contributed by atoms with E-state index in [-0.39, 0.29) is 17.9 Å². The number of aromatic nitrogens is 4. The number of fused-ring (bicyclic) bond motifs is 1. The zero-order chi connectivity index (χ0) is 20.0. The van der Waals surface area contributed by atoms with Crippen molar-refractivity contribution >= 4 is 22.6 Å². The van der Waals surface area contributed by atoms with E-state index in [9.17, 15) is 4.79 Å². The quantitative estimate of drug-likeness (QED) is 0.755. The van der Waals surface area contributed by atoms with E-state index in [1.54, 1.807) is 6.33 Å². The Labute approximate surface area is 164 Å². The first-order valence-corrected chi connectivity index (χ1v) is 9.58. The lowest BCUT2D eigenvalue weighted by Crippen LogP contribution is -2.27. The molecule has 0 aliphatic carbocycles. The largest absolute Gasteiger partial charge is 0.369 e. The number of carbonyl (C=O) groups excluding carboxylic acids is 1. The van der Waals surface area contributed by atoms with Crippen molar-refractivity contribution in [2.75, 3.05) is 18.9 Å². The van der Waals surface area contributed by atoms with Gasteiger partial charge in [0.2, 0.25) is 5.91 Å². The predicted octanol–water partition coefficient (Wildman–Crippen LogP) is 2.92. The fraction of sp³-hybridized carbons (Fsp3) is 0.429. The van der Waals surface area contributed by atoms with Gasteiger partial charge in [0.15, 0.2) is 0 Å². The molecule has 3 heterocycles. The predicted molar refractivity (Wildman–Crippen MR) is 109 cm³/mol. The summed E-state index contributed by atoms with van der Waals surface area (Å²) in [6.45, 7) is 6.80. The van der Waals surface area contributed by atoms with Crippen LogP contribution in [0.2, 0.25) is 0 Å². The fourth-order valence-corrected chi connectivity index (χ4v) is 4.39. The second-order valence-corrected chi connectivity index (χ2v) is 7.70. The Bertz CT molecular complexity index is 1060. The highest BCUT2D eigenvalue weighted by Gasteiger charge is 2.40. The van der Waals surface area contributed by atoms with E-state index >= 15 is 0 Å². The molecule has 1 amide bonds. The molecule has 2 atom stereocenters. The molecule has 0 saturated carbocycles. The summed E-state index contributed by atoms with van der Waals surface area (Å²) < 4.78 is 1.90. The van der Waals surface area contributed by atoms with E-state index in [4.69, 9.17) is 0 Å². The Morgan fingerprint density at radius 2 is 1.96 bits per heavy atom. The summed E-state index contributed by atoms with van der Waals surface area (Å²) in [5.41, 5.74) is 5.33. The minimum Gasteiger partial charge on any atom is -0.369 e. The van der Waals surface area contributed by atoms with Gasteiger partial charge in [-0.2, -0.15) is 5.10 Å². The zero-order valence-corrected chi connectivity index (χ0v) is 17.0. The Balaban J connectivity index is 1.64.